The third-order valence-corrected chi connectivity index (χ3v) is 4.68. The predicted molar refractivity (Wildman–Crippen MR) is 97.0 cm³/mol. The van der Waals surface area contributed by atoms with E-state index in [0.29, 0.717) is 12.4 Å². The van der Waals surface area contributed by atoms with Gasteiger partial charge in [0.1, 0.15) is 11.9 Å². The molecular weight excluding hydrogens is 316 g/mol. The van der Waals surface area contributed by atoms with Crippen LogP contribution in [0, 0.1) is 6.92 Å². The predicted octanol–water partition coefficient (Wildman–Crippen LogP) is 3.89. The number of nitrogens with zero attached hydrogens (tertiary/aromatic N) is 3. The molecule has 0 aromatic carbocycles. The van der Waals surface area contributed by atoms with E-state index in [1.807, 2.05) is 23.7 Å². The first-order valence-electron chi connectivity index (χ1n) is 8.76. The molecule has 134 valence electrons. The molecular formula is C19H26N4O2. The molecule has 1 N–H and O–H groups in total. The molecule has 0 spiro atoms. The van der Waals surface area contributed by atoms with Gasteiger partial charge in [0.05, 0.1) is 22.6 Å². The van der Waals surface area contributed by atoms with Crippen molar-refractivity contribution in [1.29, 1.82) is 0 Å². The molecule has 0 radical (unpaired) electrons. The Morgan fingerprint density at radius 2 is 2.16 bits per heavy atom. The van der Waals surface area contributed by atoms with Crippen molar-refractivity contribution in [3.63, 3.8) is 0 Å². The Bertz CT molecular complexity index is 748. The Balaban J connectivity index is 1.88. The van der Waals surface area contributed by atoms with E-state index in [4.69, 9.17) is 9.84 Å². The summed E-state index contributed by atoms with van der Waals surface area (Å²) >= 11 is 0. The zero-order valence-electron chi connectivity index (χ0n) is 15.3. The summed E-state index contributed by atoms with van der Waals surface area (Å²) < 4.78 is 7.16. The van der Waals surface area contributed by atoms with Gasteiger partial charge in [-0.3, -0.25) is 9.78 Å². The van der Waals surface area contributed by atoms with Gasteiger partial charge in [0.2, 0.25) is 0 Å². The maximum atomic E-state index is 10.6. The summed E-state index contributed by atoms with van der Waals surface area (Å²) in [6, 6.07) is 6.06. The van der Waals surface area contributed by atoms with Crippen LogP contribution in [0.3, 0.4) is 0 Å². The van der Waals surface area contributed by atoms with Crippen LogP contribution < -0.4 is 5.32 Å². The third-order valence-electron chi connectivity index (χ3n) is 4.68. The average molecular weight is 342 g/mol. The second kappa shape index (κ2) is 6.86. The maximum absolute atomic E-state index is 10.6. The Hall–Kier alpha value is -2.37. The number of carbonyl (C=O) groups excluding carboxylic acids is 1. The van der Waals surface area contributed by atoms with Crippen LogP contribution in [-0.4, -0.2) is 27.3 Å². The highest BCUT2D eigenvalue weighted by Crippen LogP contribution is 2.37. The van der Waals surface area contributed by atoms with Crippen molar-refractivity contribution in [2.45, 2.75) is 64.5 Å². The number of ether oxygens (including phenoxy) is 1. The second-order valence-corrected chi connectivity index (χ2v) is 7.66. The van der Waals surface area contributed by atoms with Crippen LogP contribution in [-0.2, 0) is 15.1 Å². The van der Waals surface area contributed by atoms with Gasteiger partial charge in [0.15, 0.2) is 0 Å². The largest absolute Gasteiger partial charge is 0.465 e. The molecule has 1 aliphatic carbocycles. The molecule has 2 aromatic heterocycles. The third kappa shape index (κ3) is 3.83. The number of hydrogen-bond donors (Lipinski definition) is 1. The van der Waals surface area contributed by atoms with Gasteiger partial charge in [0.25, 0.3) is 6.47 Å². The number of hydrogen-bond acceptors (Lipinski definition) is 5. The molecule has 1 unspecified atom stereocenters. The minimum absolute atomic E-state index is 0.0132. The van der Waals surface area contributed by atoms with Crippen LogP contribution >= 0.6 is 0 Å². The molecule has 1 aliphatic rings. The van der Waals surface area contributed by atoms with Gasteiger partial charge in [-0.2, -0.15) is 5.10 Å². The van der Waals surface area contributed by atoms with Crippen LogP contribution in [0.2, 0.25) is 0 Å². The fourth-order valence-corrected chi connectivity index (χ4v) is 3.36. The van der Waals surface area contributed by atoms with Gasteiger partial charge in [-0.1, -0.05) is 0 Å². The van der Waals surface area contributed by atoms with Crippen molar-refractivity contribution in [3.8, 4) is 0 Å². The summed E-state index contributed by atoms with van der Waals surface area (Å²) in [6.45, 7) is 8.95. The minimum atomic E-state index is -0.145. The van der Waals surface area contributed by atoms with Gasteiger partial charge in [-0.15, -0.1) is 0 Å². The lowest BCUT2D eigenvalue weighted by Crippen LogP contribution is -2.25. The van der Waals surface area contributed by atoms with E-state index in [0.717, 1.165) is 42.2 Å². The molecule has 2 heterocycles. The number of pyridine rings is 1. The van der Waals surface area contributed by atoms with E-state index in [9.17, 15) is 4.79 Å². The smallest absolute Gasteiger partial charge is 0.293 e. The van der Waals surface area contributed by atoms with Gasteiger partial charge in [0, 0.05) is 18.2 Å². The second-order valence-electron chi connectivity index (χ2n) is 7.66. The van der Waals surface area contributed by atoms with E-state index in [1.165, 1.54) is 0 Å². The lowest BCUT2D eigenvalue weighted by atomic mass is 10.0. The van der Waals surface area contributed by atoms with Crippen LogP contribution in [0.15, 0.2) is 24.4 Å². The Morgan fingerprint density at radius 1 is 1.36 bits per heavy atom. The Labute approximate surface area is 148 Å². The first-order chi connectivity index (χ1) is 11.9. The molecule has 25 heavy (non-hydrogen) atoms. The molecule has 1 fully saturated rings. The highest BCUT2D eigenvalue weighted by Gasteiger charge is 2.30. The van der Waals surface area contributed by atoms with Crippen molar-refractivity contribution < 1.29 is 9.53 Å². The number of aryl methyl sites for hydroxylation is 1. The number of rotatable bonds is 5. The molecule has 0 saturated heterocycles. The lowest BCUT2D eigenvalue weighted by molar-refractivity contribution is -0.133. The molecule has 6 heteroatoms. The van der Waals surface area contributed by atoms with Gasteiger partial charge < -0.3 is 10.1 Å². The number of anilines is 2. The fraction of sp³-hybridized carbons (Fsp3) is 0.526. The molecule has 2 atom stereocenters. The number of carbonyl (C=O) groups is 1. The first kappa shape index (κ1) is 17.5. The Kier molecular flexibility index (Phi) is 4.79. The lowest BCUT2D eigenvalue weighted by Gasteiger charge is -2.23. The summed E-state index contributed by atoms with van der Waals surface area (Å²) in [7, 11) is 0. The topological polar surface area (TPSA) is 69.0 Å². The number of nitrogens with one attached hydrogen (secondary N) is 1. The molecule has 1 saturated carbocycles. The monoisotopic (exact) mass is 342 g/mol. The SMILES string of the molecule is Cc1ncccc1Nc1cc(C2CC[C@H](OC=O)C2)nn1C(C)(C)C. The standard InChI is InChI=1S/C19H26N4O2/c1-13-16(6-5-9-20-13)21-18-11-17(22-23(18)19(2,3)4)14-7-8-15(10-14)25-12-24/h5-6,9,11-12,14-15,21H,7-8,10H2,1-4H3/t14?,15-/m0/s1. The van der Waals surface area contributed by atoms with Gasteiger partial charge in [-0.25, -0.2) is 4.68 Å². The van der Waals surface area contributed by atoms with Crippen LogP contribution in [0.4, 0.5) is 11.5 Å². The van der Waals surface area contributed by atoms with E-state index in [2.05, 4.69) is 37.1 Å². The van der Waals surface area contributed by atoms with Crippen molar-refractivity contribution in [1.82, 2.24) is 14.8 Å². The highest BCUT2D eigenvalue weighted by atomic mass is 16.5. The molecule has 6 nitrogen and oxygen atoms in total. The van der Waals surface area contributed by atoms with Crippen LogP contribution in [0.5, 0.6) is 0 Å². The molecule has 0 bridgehead atoms. The summed E-state index contributed by atoms with van der Waals surface area (Å²) in [5.41, 5.74) is 2.84. The van der Waals surface area contributed by atoms with Crippen molar-refractivity contribution in [3.05, 3.63) is 35.8 Å². The van der Waals surface area contributed by atoms with E-state index >= 15 is 0 Å². The van der Waals surface area contributed by atoms with Crippen molar-refractivity contribution in [2.24, 2.45) is 0 Å². The Morgan fingerprint density at radius 3 is 2.84 bits per heavy atom. The van der Waals surface area contributed by atoms with E-state index in [-0.39, 0.29) is 11.6 Å². The number of aromatic nitrogens is 3. The summed E-state index contributed by atoms with van der Waals surface area (Å²) in [5.74, 6) is 1.28. The fourth-order valence-electron chi connectivity index (χ4n) is 3.36. The molecule has 3 rings (SSSR count). The summed E-state index contributed by atoms with van der Waals surface area (Å²) in [4.78, 5) is 14.9. The summed E-state index contributed by atoms with van der Waals surface area (Å²) in [6.07, 6.45) is 4.53. The van der Waals surface area contributed by atoms with E-state index < -0.39 is 0 Å². The van der Waals surface area contributed by atoms with Gasteiger partial charge >= 0.3 is 0 Å². The van der Waals surface area contributed by atoms with Crippen LogP contribution in [0.25, 0.3) is 0 Å². The minimum Gasteiger partial charge on any atom is -0.465 e. The maximum Gasteiger partial charge on any atom is 0.293 e. The first-order valence-corrected chi connectivity index (χ1v) is 8.76. The summed E-state index contributed by atoms with van der Waals surface area (Å²) in [5, 5.41) is 8.35. The van der Waals surface area contributed by atoms with Crippen LogP contribution in [0.1, 0.15) is 57.3 Å². The van der Waals surface area contributed by atoms with Crippen molar-refractivity contribution >= 4 is 18.0 Å². The van der Waals surface area contributed by atoms with E-state index in [1.54, 1.807) is 6.20 Å². The van der Waals surface area contributed by atoms with Crippen molar-refractivity contribution in [2.75, 3.05) is 5.32 Å². The normalized spacial score (nSPS) is 20.5. The molecule has 2 aromatic rings. The quantitative estimate of drug-likeness (QED) is 0.835. The molecule has 0 amide bonds. The molecule has 0 aliphatic heterocycles. The zero-order chi connectivity index (χ0) is 18.0. The average Bonchev–Trinajstić information content (AvgIpc) is 3.16. The van der Waals surface area contributed by atoms with Gasteiger partial charge in [-0.05, 0) is 59.1 Å². The zero-order valence-corrected chi connectivity index (χ0v) is 15.3. The highest BCUT2D eigenvalue weighted by molar-refractivity contribution is 5.59.